The van der Waals surface area contributed by atoms with Crippen LogP contribution in [-0.4, -0.2) is 34.8 Å². The molecule has 1 N–H and O–H groups in total. The predicted molar refractivity (Wildman–Crippen MR) is 99.0 cm³/mol. The summed E-state index contributed by atoms with van der Waals surface area (Å²) in [5.74, 6) is -0.126. The van der Waals surface area contributed by atoms with Gasteiger partial charge in [-0.1, -0.05) is 38.8 Å². The van der Waals surface area contributed by atoms with Gasteiger partial charge in [0.2, 0.25) is 0 Å². The molecule has 0 aromatic heterocycles. The van der Waals surface area contributed by atoms with Gasteiger partial charge in [0, 0.05) is 12.5 Å². The van der Waals surface area contributed by atoms with E-state index in [0.29, 0.717) is 12.2 Å². The topological polar surface area (TPSA) is 66.8 Å². The highest BCUT2D eigenvalue weighted by atomic mass is 16.5. The third-order valence-corrected chi connectivity index (χ3v) is 5.27. The zero-order valence-corrected chi connectivity index (χ0v) is 15.7. The van der Waals surface area contributed by atoms with Crippen LogP contribution in [0.15, 0.2) is 35.6 Å². The van der Waals surface area contributed by atoms with Gasteiger partial charge in [0.1, 0.15) is 5.75 Å². The van der Waals surface area contributed by atoms with Crippen LogP contribution in [0.2, 0.25) is 0 Å². The van der Waals surface area contributed by atoms with Gasteiger partial charge < -0.3 is 14.7 Å². The summed E-state index contributed by atoms with van der Waals surface area (Å²) in [6.07, 6.45) is 4.26. The molecule has 0 radical (unpaired) electrons. The van der Waals surface area contributed by atoms with Crippen molar-refractivity contribution in [1.82, 2.24) is 4.90 Å². The number of ketones is 1. The fraction of sp³-hybridized carbons (Fsp3) is 0.524. The van der Waals surface area contributed by atoms with Crippen LogP contribution in [-0.2, 0) is 9.59 Å². The molecular weight excluding hydrogens is 330 g/mol. The van der Waals surface area contributed by atoms with Crippen LogP contribution in [0.3, 0.4) is 0 Å². The van der Waals surface area contributed by atoms with E-state index >= 15 is 0 Å². The van der Waals surface area contributed by atoms with E-state index in [1.165, 1.54) is 0 Å². The summed E-state index contributed by atoms with van der Waals surface area (Å²) in [6.45, 7) is 3.92. The van der Waals surface area contributed by atoms with Crippen molar-refractivity contribution in [1.29, 1.82) is 0 Å². The lowest BCUT2D eigenvalue weighted by molar-refractivity contribution is -0.131. The first-order valence-electron chi connectivity index (χ1n) is 9.37. The zero-order valence-electron chi connectivity index (χ0n) is 15.7. The Bertz CT molecular complexity index is 731. The van der Waals surface area contributed by atoms with Crippen molar-refractivity contribution < 1.29 is 19.4 Å². The summed E-state index contributed by atoms with van der Waals surface area (Å²) in [5.41, 5.74) is 1.05. The Morgan fingerprint density at radius 1 is 1.31 bits per heavy atom. The number of aliphatic hydroxyl groups excluding tert-OH is 1. The van der Waals surface area contributed by atoms with Crippen LogP contribution >= 0.6 is 0 Å². The third-order valence-electron chi connectivity index (χ3n) is 5.27. The number of Topliss-reactive ketones (excluding diaryl/α,β-unsaturated/α-hetero) is 1. The fourth-order valence-corrected chi connectivity index (χ4v) is 4.09. The molecule has 1 aliphatic carbocycles. The number of amides is 1. The van der Waals surface area contributed by atoms with Gasteiger partial charge in [0.15, 0.2) is 11.5 Å². The average Bonchev–Trinajstić information content (AvgIpc) is 3.21. The van der Waals surface area contributed by atoms with Gasteiger partial charge in [-0.15, -0.1) is 0 Å². The second kappa shape index (κ2) is 7.52. The lowest BCUT2D eigenvalue weighted by atomic mass is 9.91. The molecule has 1 atom stereocenters. The van der Waals surface area contributed by atoms with Gasteiger partial charge in [-0.05, 0) is 36.5 Å². The van der Waals surface area contributed by atoms with Gasteiger partial charge in [-0.3, -0.25) is 9.59 Å². The Morgan fingerprint density at radius 3 is 2.62 bits per heavy atom. The third kappa shape index (κ3) is 3.35. The van der Waals surface area contributed by atoms with E-state index in [-0.39, 0.29) is 29.1 Å². The molecule has 1 aromatic carbocycles. The van der Waals surface area contributed by atoms with Gasteiger partial charge in [0.25, 0.3) is 5.91 Å². The molecular formula is C21H27NO4. The maximum atomic E-state index is 12.9. The molecule has 1 fully saturated rings. The molecule has 1 aliphatic heterocycles. The Morgan fingerprint density at radius 2 is 2.00 bits per heavy atom. The van der Waals surface area contributed by atoms with Gasteiger partial charge in [0.05, 0.1) is 18.7 Å². The van der Waals surface area contributed by atoms with Crippen LogP contribution < -0.4 is 4.74 Å². The SMILES string of the molecule is COc1cccc(C2C(C(=O)CC(C)C)=C(O)C(=O)N2C2CCCC2)c1. The molecule has 1 unspecified atom stereocenters. The van der Waals surface area contributed by atoms with Crippen molar-refractivity contribution >= 4 is 11.7 Å². The number of carbonyl (C=O) groups is 2. The smallest absolute Gasteiger partial charge is 0.290 e. The van der Waals surface area contributed by atoms with Crippen LogP contribution in [0, 0.1) is 5.92 Å². The summed E-state index contributed by atoms with van der Waals surface area (Å²) in [7, 11) is 1.59. The molecule has 5 heteroatoms. The molecule has 140 valence electrons. The number of rotatable bonds is 6. The number of ether oxygens (including phenoxy) is 1. The van der Waals surface area contributed by atoms with E-state index in [2.05, 4.69) is 0 Å². The average molecular weight is 357 g/mol. The minimum atomic E-state index is -0.535. The number of nitrogens with zero attached hydrogens (tertiary/aromatic N) is 1. The van der Waals surface area contributed by atoms with Crippen LogP contribution in [0.4, 0.5) is 0 Å². The zero-order chi connectivity index (χ0) is 18.8. The van der Waals surface area contributed by atoms with E-state index < -0.39 is 11.9 Å². The molecule has 26 heavy (non-hydrogen) atoms. The van der Waals surface area contributed by atoms with Gasteiger partial charge in [-0.2, -0.15) is 0 Å². The molecule has 1 heterocycles. The normalized spacial score (nSPS) is 21.2. The lowest BCUT2D eigenvalue weighted by Crippen LogP contribution is -2.38. The minimum absolute atomic E-state index is 0.0604. The van der Waals surface area contributed by atoms with Crippen molar-refractivity contribution in [3.8, 4) is 5.75 Å². The first kappa shape index (κ1) is 18.5. The fourth-order valence-electron chi connectivity index (χ4n) is 4.09. The number of hydrogen-bond donors (Lipinski definition) is 1. The summed E-state index contributed by atoms with van der Waals surface area (Å²) >= 11 is 0. The quantitative estimate of drug-likeness (QED) is 0.837. The first-order valence-corrected chi connectivity index (χ1v) is 9.37. The van der Waals surface area contributed by atoms with Crippen LogP contribution in [0.5, 0.6) is 5.75 Å². The van der Waals surface area contributed by atoms with E-state index in [0.717, 1.165) is 31.2 Å². The Labute approximate surface area is 154 Å². The van der Waals surface area contributed by atoms with Crippen molar-refractivity contribution in [2.45, 2.75) is 58.0 Å². The molecule has 0 spiro atoms. The number of carbonyl (C=O) groups excluding carboxylic acids is 2. The summed E-state index contributed by atoms with van der Waals surface area (Å²) in [4.78, 5) is 27.5. The largest absolute Gasteiger partial charge is 0.503 e. The highest BCUT2D eigenvalue weighted by Gasteiger charge is 2.46. The predicted octanol–water partition coefficient (Wildman–Crippen LogP) is 3.95. The van der Waals surface area contributed by atoms with Crippen molar-refractivity contribution in [3.63, 3.8) is 0 Å². The number of aliphatic hydroxyl groups is 1. The lowest BCUT2D eigenvalue weighted by Gasteiger charge is -2.32. The number of benzene rings is 1. The van der Waals surface area contributed by atoms with Crippen molar-refractivity contribution in [2.75, 3.05) is 7.11 Å². The molecule has 1 saturated carbocycles. The second-order valence-electron chi connectivity index (χ2n) is 7.61. The maximum Gasteiger partial charge on any atom is 0.290 e. The van der Waals surface area contributed by atoms with E-state index in [1.807, 2.05) is 38.1 Å². The van der Waals surface area contributed by atoms with Crippen LogP contribution in [0.1, 0.15) is 57.6 Å². The number of hydrogen-bond acceptors (Lipinski definition) is 4. The molecule has 3 rings (SSSR count). The Balaban J connectivity index is 2.07. The summed E-state index contributed by atoms with van der Waals surface area (Å²) in [6, 6.07) is 6.95. The molecule has 1 aromatic rings. The monoisotopic (exact) mass is 357 g/mol. The summed E-state index contributed by atoms with van der Waals surface area (Å²) < 4.78 is 5.32. The highest BCUT2D eigenvalue weighted by molar-refractivity contribution is 6.09. The maximum absolute atomic E-state index is 12.9. The van der Waals surface area contributed by atoms with E-state index in [4.69, 9.17) is 4.74 Å². The Kier molecular flexibility index (Phi) is 5.35. The molecule has 0 saturated heterocycles. The second-order valence-corrected chi connectivity index (χ2v) is 7.61. The van der Waals surface area contributed by atoms with Crippen molar-refractivity contribution in [3.05, 3.63) is 41.2 Å². The molecule has 5 nitrogen and oxygen atoms in total. The van der Waals surface area contributed by atoms with Crippen LogP contribution in [0.25, 0.3) is 0 Å². The first-order chi connectivity index (χ1) is 12.4. The van der Waals surface area contributed by atoms with Gasteiger partial charge in [-0.25, -0.2) is 0 Å². The highest BCUT2D eigenvalue weighted by Crippen LogP contribution is 2.43. The Hall–Kier alpha value is -2.30. The van der Waals surface area contributed by atoms with Crippen molar-refractivity contribution in [2.24, 2.45) is 5.92 Å². The van der Waals surface area contributed by atoms with E-state index in [1.54, 1.807) is 12.0 Å². The minimum Gasteiger partial charge on any atom is -0.503 e. The van der Waals surface area contributed by atoms with E-state index in [9.17, 15) is 14.7 Å². The number of methoxy groups -OCH3 is 1. The molecule has 2 aliphatic rings. The summed E-state index contributed by atoms with van der Waals surface area (Å²) in [5, 5.41) is 10.6. The standard InChI is InChI=1S/C21H27NO4/c1-13(2)11-17(23)18-19(14-7-6-10-16(12-14)26-3)22(21(25)20(18)24)15-8-4-5-9-15/h6-7,10,12-13,15,19,24H,4-5,8-9,11H2,1-3H3. The molecule has 0 bridgehead atoms. The molecule has 1 amide bonds. The van der Waals surface area contributed by atoms with Gasteiger partial charge >= 0.3 is 0 Å².